The quantitative estimate of drug-likeness (QED) is 0.616. The Kier molecular flexibility index (Phi) is 6.76. The van der Waals surface area contributed by atoms with E-state index in [-0.39, 0.29) is 6.42 Å². The van der Waals surface area contributed by atoms with E-state index >= 15 is 0 Å². The van der Waals surface area contributed by atoms with Crippen molar-refractivity contribution in [3.05, 3.63) is 12.2 Å². The highest BCUT2D eigenvalue weighted by Gasteiger charge is 1.94. The molecule has 0 bridgehead atoms. The van der Waals surface area contributed by atoms with E-state index in [1.807, 2.05) is 13.0 Å². The minimum absolute atomic E-state index is 0.104. The summed E-state index contributed by atoms with van der Waals surface area (Å²) >= 11 is 0. The van der Waals surface area contributed by atoms with E-state index in [4.69, 9.17) is 5.11 Å². The van der Waals surface area contributed by atoms with E-state index in [2.05, 4.69) is 11.8 Å². The highest BCUT2D eigenvalue weighted by atomic mass is 19.1. The van der Waals surface area contributed by atoms with Gasteiger partial charge in [0.1, 0.15) is 6.10 Å². The molecule has 0 aromatic carbocycles. The smallest absolute Gasteiger partial charge is 0.117 e. The Morgan fingerprint density at radius 2 is 2.36 bits per heavy atom. The number of aliphatic hydroxyl groups excluding tert-OH is 1. The number of hydrogen-bond acceptors (Lipinski definition) is 1. The maximum absolute atomic E-state index is 11.6. The van der Waals surface area contributed by atoms with Gasteiger partial charge in [-0.15, -0.1) is 0 Å². The lowest BCUT2D eigenvalue weighted by Gasteiger charge is -1.94. The normalized spacial score (nSPS) is 12.6. The van der Waals surface area contributed by atoms with Gasteiger partial charge in [-0.1, -0.05) is 24.8 Å². The number of alkyl halides is 1. The third-order valence-corrected chi connectivity index (χ3v) is 1.07. The van der Waals surface area contributed by atoms with E-state index in [1.54, 1.807) is 6.08 Å². The maximum atomic E-state index is 11.6. The summed E-state index contributed by atoms with van der Waals surface area (Å²) in [6.07, 6.45) is 3.76. The van der Waals surface area contributed by atoms with Crippen LogP contribution in [-0.4, -0.2) is 17.9 Å². The van der Waals surface area contributed by atoms with Crippen molar-refractivity contribution >= 4 is 0 Å². The lowest BCUT2D eigenvalue weighted by Crippen LogP contribution is -2.02. The standard InChI is InChI=1S/C9H13FO/c1-2-3-4-5-6-9(11)7-8-10/h3-4,9,11H,2,7-8H2,1H3. The molecular weight excluding hydrogens is 143 g/mol. The Labute approximate surface area is 66.9 Å². The Balaban J connectivity index is 3.58. The molecule has 0 amide bonds. The van der Waals surface area contributed by atoms with Crippen LogP contribution in [0, 0.1) is 11.8 Å². The molecule has 0 aromatic heterocycles. The summed E-state index contributed by atoms with van der Waals surface area (Å²) in [7, 11) is 0. The van der Waals surface area contributed by atoms with Crippen molar-refractivity contribution in [3.63, 3.8) is 0 Å². The molecule has 62 valence electrons. The Bertz CT molecular complexity index is 164. The largest absolute Gasteiger partial charge is 0.380 e. The summed E-state index contributed by atoms with van der Waals surface area (Å²) in [5, 5.41) is 8.90. The minimum Gasteiger partial charge on any atom is -0.380 e. The van der Waals surface area contributed by atoms with Gasteiger partial charge in [-0.05, 0) is 12.5 Å². The minimum atomic E-state index is -0.818. The van der Waals surface area contributed by atoms with E-state index in [1.165, 1.54) is 0 Å². The van der Waals surface area contributed by atoms with E-state index in [0.717, 1.165) is 6.42 Å². The molecule has 0 fully saturated rings. The van der Waals surface area contributed by atoms with E-state index in [9.17, 15) is 4.39 Å². The third-order valence-electron chi connectivity index (χ3n) is 1.07. The molecule has 0 aliphatic carbocycles. The molecule has 0 saturated heterocycles. The van der Waals surface area contributed by atoms with E-state index < -0.39 is 12.8 Å². The van der Waals surface area contributed by atoms with Crippen LogP contribution in [0.2, 0.25) is 0 Å². The molecule has 11 heavy (non-hydrogen) atoms. The highest BCUT2D eigenvalue weighted by Crippen LogP contribution is 1.89. The fourth-order valence-electron chi connectivity index (χ4n) is 0.497. The van der Waals surface area contributed by atoms with Gasteiger partial charge in [-0.3, -0.25) is 4.39 Å². The first kappa shape index (κ1) is 10.2. The molecule has 2 heteroatoms. The number of allylic oxidation sites excluding steroid dienone is 2. The molecule has 0 aromatic rings. The van der Waals surface area contributed by atoms with Crippen molar-refractivity contribution < 1.29 is 9.50 Å². The zero-order chi connectivity index (χ0) is 8.53. The second-order valence-corrected chi connectivity index (χ2v) is 2.09. The second-order valence-electron chi connectivity index (χ2n) is 2.09. The Hall–Kier alpha value is -0.810. The van der Waals surface area contributed by atoms with Crippen LogP contribution in [0.1, 0.15) is 19.8 Å². The van der Waals surface area contributed by atoms with Crippen molar-refractivity contribution in [1.29, 1.82) is 0 Å². The SMILES string of the molecule is CCC=CC#CC(O)CCF. The van der Waals surface area contributed by atoms with Crippen LogP contribution in [0.3, 0.4) is 0 Å². The zero-order valence-electron chi connectivity index (χ0n) is 6.68. The van der Waals surface area contributed by atoms with E-state index in [0.29, 0.717) is 0 Å². The van der Waals surface area contributed by atoms with Crippen LogP contribution in [0.5, 0.6) is 0 Å². The summed E-state index contributed by atoms with van der Waals surface area (Å²) in [5.74, 6) is 5.12. The molecule has 1 N–H and O–H groups in total. The van der Waals surface area contributed by atoms with Gasteiger partial charge in [0.05, 0.1) is 6.67 Å². The van der Waals surface area contributed by atoms with Crippen LogP contribution < -0.4 is 0 Å². The summed E-state index contributed by atoms with van der Waals surface area (Å²) in [6.45, 7) is 1.48. The number of aliphatic hydroxyl groups is 1. The van der Waals surface area contributed by atoms with Crippen molar-refractivity contribution in [2.24, 2.45) is 0 Å². The molecular formula is C9H13FO. The highest BCUT2D eigenvalue weighted by molar-refractivity contribution is 5.17. The lowest BCUT2D eigenvalue weighted by molar-refractivity contribution is 0.208. The predicted octanol–water partition coefficient (Wildman–Crippen LogP) is 1.68. The Morgan fingerprint density at radius 1 is 1.64 bits per heavy atom. The molecule has 0 spiro atoms. The van der Waals surface area contributed by atoms with Gasteiger partial charge < -0.3 is 5.11 Å². The topological polar surface area (TPSA) is 20.2 Å². The first-order valence-electron chi connectivity index (χ1n) is 3.71. The molecule has 0 aliphatic rings. The first-order valence-corrected chi connectivity index (χ1v) is 3.71. The van der Waals surface area contributed by atoms with Gasteiger partial charge in [0.15, 0.2) is 0 Å². The maximum Gasteiger partial charge on any atom is 0.117 e. The number of halogens is 1. The Morgan fingerprint density at radius 3 is 2.91 bits per heavy atom. The zero-order valence-corrected chi connectivity index (χ0v) is 6.68. The van der Waals surface area contributed by atoms with Crippen LogP contribution >= 0.6 is 0 Å². The van der Waals surface area contributed by atoms with Crippen molar-refractivity contribution in [1.82, 2.24) is 0 Å². The molecule has 0 saturated carbocycles. The van der Waals surface area contributed by atoms with Crippen molar-refractivity contribution in [3.8, 4) is 11.8 Å². The molecule has 1 nitrogen and oxygen atoms in total. The summed E-state index contributed by atoms with van der Waals surface area (Å²) in [6, 6.07) is 0. The first-order chi connectivity index (χ1) is 5.31. The molecule has 0 heterocycles. The summed E-state index contributed by atoms with van der Waals surface area (Å²) in [4.78, 5) is 0. The van der Waals surface area contributed by atoms with Crippen LogP contribution in [-0.2, 0) is 0 Å². The van der Waals surface area contributed by atoms with Gasteiger partial charge in [-0.25, -0.2) is 0 Å². The van der Waals surface area contributed by atoms with Crippen LogP contribution in [0.4, 0.5) is 4.39 Å². The molecule has 1 atom stereocenters. The van der Waals surface area contributed by atoms with Gasteiger partial charge >= 0.3 is 0 Å². The van der Waals surface area contributed by atoms with Crippen LogP contribution in [0.25, 0.3) is 0 Å². The molecule has 0 rings (SSSR count). The lowest BCUT2D eigenvalue weighted by atomic mass is 10.3. The van der Waals surface area contributed by atoms with Gasteiger partial charge in [0.25, 0.3) is 0 Å². The average molecular weight is 156 g/mol. The summed E-state index contributed by atoms with van der Waals surface area (Å²) in [5.41, 5.74) is 0. The third kappa shape index (κ3) is 7.08. The summed E-state index contributed by atoms with van der Waals surface area (Å²) < 4.78 is 11.6. The van der Waals surface area contributed by atoms with Gasteiger partial charge in [0.2, 0.25) is 0 Å². The fourth-order valence-corrected chi connectivity index (χ4v) is 0.497. The monoisotopic (exact) mass is 156 g/mol. The molecule has 0 aliphatic heterocycles. The van der Waals surface area contributed by atoms with Gasteiger partial charge in [0, 0.05) is 6.42 Å². The van der Waals surface area contributed by atoms with Gasteiger partial charge in [-0.2, -0.15) is 0 Å². The van der Waals surface area contributed by atoms with Crippen LogP contribution in [0.15, 0.2) is 12.2 Å². The predicted molar refractivity (Wildman–Crippen MR) is 43.8 cm³/mol. The van der Waals surface area contributed by atoms with Crippen molar-refractivity contribution in [2.75, 3.05) is 6.67 Å². The second kappa shape index (κ2) is 7.30. The molecule has 1 unspecified atom stereocenters. The number of rotatable bonds is 3. The average Bonchev–Trinajstić information content (AvgIpc) is 1.99. The van der Waals surface area contributed by atoms with Crippen molar-refractivity contribution in [2.45, 2.75) is 25.9 Å². The number of hydrogen-bond donors (Lipinski definition) is 1. The fraction of sp³-hybridized carbons (Fsp3) is 0.556. The molecule has 0 radical (unpaired) electrons.